The van der Waals surface area contributed by atoms with Crippen molar-refractivity contribution in [3.63, 3.8) is 0 Å². The standard InChI is InChI=1S/C15H18F2O/c1-3-18-13-9-8-12(14(16)15(13)17)11-6-4-10(2)5-7-11/h3,8-11H,1,4-7H2,2H3. The van der Waals surface area contributed by atoms with E-state index >= 15 is 0 Å². The molecule has 0 atom stereocenters. The lowest BCUT2D eigenvalue weighted by Gasteiger charge is -2.26. The van der Waals surface area contributed by atoms with Gasteiger partial charge in [0.2, 0.25) is 5.82 Å². The summed E-state index contributed by atoms with van der Waals surface area (Å²) in [6, 6.07) is 3.12. The van der Waals surface area contributed by atoms with E-state index in [4.69, 9.17) is 4.74 Å². The Morgan fingerprint density at radius 2 is 1.83 bits per heavy atom. The summed E-state index contributed by atoms with van der Waals surface area (Å²) >= 11 is 0. The van der Waals surface area contributed by atoms with Gasteiger partial charge in [0.15, 0.2) is 11.6 Å². The van der Waals surface area contributed by atoms with Gasteiger partial charge in [-0.2, -0.15) is 4.39 Å². The smallest absolute Gasteiger partial charge is 0.201 e. The summed E-state index contributed by atoms with van der Waals surface area (Å²) in [4.78, 5) is 0. The summed E-state index contributed by atoms with van der Waals surface area (Å²) in [5.74, 6) is -0.957. The van der Waals surface area contributed by atoms with Gasteiger partial charge in [0.1, 0.15) is 0 Å². The lowest BCUT2D eigenvalue weighted by molar-refractivity contribution is 0.336. The van der Waals surface area contributed by atoms with Gasteiger partial charge in [-0.3, -0.25) is 0 Å². The molecule has 1 saturated carbocycles. The van der Waals surface area contributed by atoms with Gasteiger partial charge >= 0.3 is 0 Å². The molecule has 1 aliphatic rings. The zero-order valence-electron chi connectivity index (χ0n) is 10.6. The topological polar surface area (TPSA) is 9.23 Å². The molecule has 1 nitrogen and oxygen atoms in total. The molecule has 0 spiro atoms. The quantitative estimate of drug-likeness (QED) is 0.703. The zero-order chi connectivity index (χ0) is 13.1. The lowest BCUT2D eigenvalue weighted by atomic mass is 9.79. The predicted molar refractivity (Wildman–Crippen MR) is 67.6 cm³/mol. The van der Waals surface area contributed by atoms with E-state index in [0.29, 0.717) is 11.5 Å². The minimum atomic E-state index is -0.911. The maximum Gasteiger partial charge on any atom is 0.201 e. The first kappa shape index (κ1) is 13.1. The Morgan fingerprint density at radius 3 is 2.44 bits per heavy atom. The Bertz CT molecular complexity index is 434. The lowest BCUT2D eigenvalue weighted by Crippen LogP contribution is -2.13. The van der Waals surface area contributed by atoms with Crippen LogP contribution < -0.4 is 4.74 Å². The first-order valence-electron chi connectivity index (χ1n) is 6.39. The minimum Gasteiger partial charge on any atom is -0.462 e. The average Bonchev–Trinajstić information content (AvgIpc) is 2.37. The van der Waals surface area contributed by atoms with Gasteiger partial charge in [0.05, 0.1) is 6.26 Å². The van der Waals surface area contributed by atoms with Crippen molar-refractivity contribution in [3.8, 4) is 5.75 Å². The second-order valence-corrected chi connectivity index (χ2v) is 5.02. The summed E-state index contributed by atoms with van der Waals surface area (Å²) in [5, 5.41) is 0. The molecule has 0 unspecified atom stereocenters. The molecule has 98 valence electrons. The van der Waals surface area contributed by atoms with Crippen molar-refractivity contribution in [1.29, 1.82) is 0 Å². The summed E-state index contributed by atoms with van der Waals surface area (Å²) in [6.45, 7) is 5.54. The van der Waals surface area contributed by atoms with Gasteiger partial charge in [-0.25, -0.2) is 4.39 Å². The van der Waals surface area contributed by atoms with Crippen LogP contribution in [0.5, 0.6) is 5.75 Å². The van der Waals surface area contributed by atoms with Crippen molar-refractivity contribution in [3.05, 3.63) is 42.2 Å². The Hall–Kier alpha value is -1.38. The van der Waals surface area contributed by atoms with E-state index in [1.165, 1.54) is 6.07 Å². The summed E-state index contributed by atoms with van der Waals surface area (Å²) in [5.41, 5.74) is 0.482. The van der Waals surface area contributed by atoms with E-state index < -0.39 is 11.6 Å². The third-order valence-corrected chi connectivity index (χ3v) is 3.74. The van der Waals surface area contributed by atoms with Gasteiger partial charge in [0.25, 0.3) is 0 Å². The highest BCUT2D eigenvalue weighted by molar-refractivity contribution is 5.33. The van der Waals surface area contributed by atoms with Crippen molar-refractivity contribution in [2.75, 3.05) is 0 Å². The molecule has 18 heavy (non-hydrogen) atoms. The first-order chi connectivity index (χ1) is 8.63. The fourth-order valence-corrected chi connectivity index (χ4v) is 2.61. The Labute approximate surface area is 106 Å². The minimum absolute atomic E-state index is 0.101. The van der Waals surface area contributed by atoms with E-state index in [0.717, 1.165) is 31.9 Å². The molecule has 2 rings (SSSR count). The molecule has 0 aliphatic heterocycles. The molecule has 0 radical (unpaired) electrons. The highest BCUT2D eigenvalue weighted by Gasteiger charge is 2.24. The van der Waals surface area contributed by atoms with Crippen molar-refractivity contribution in [2.45, 2.75) is 38.5 Å². The molecule has 1 aromatic carbocycles. The SMILES string of the molecule is C=COc1ccc(C2CCC(C)CC2)c(F)c1F. The molecular weight excluding hydrogens is 234 g/mol. The second kappa shape index (κ2) is 5.51. The van der Waals surface area contributed by atoms with Crippen LogP contribution in [0.4, 0.5) is 8.78 Å². The first-order valence-corrected chi connectivity index (χ1v) is 6.39. The van der Waals surface area contributed by atoms with Crippen LogP contribution in [0.2, 0.25) is 0 Å². The van der Waals surface area contributed by atoms with Gasteiger partial charge in [-0.05, 0) is 36.3 Å². The Kier molecular flexibility index (Phi) is 4.00. The predicted octanol–water partition coefficient (Wildman–Crippen LogP) is 4.78. The molecule has 0 heterocycles. The zero-order valence-corrected chi connectivity index (χ0v) is 10.6. The van der Waals surface area contributed by atoms with Crippen LogP contribution in [0.1, 0.15) is 44.1 Å². The molecule has 1 aromatic rings. The Morgan fingerprint density at radius 1 is 1.17 bits per heavy atom. The molecule has 0 bridgehead atoms. The Balaban J connectivity index is 2.24. The number of ether oxygens (including phenoxy) is 1. The molecule has 0 aromatic heterocycles. The number of rotatable bonds is 3. The fraction of sp³-hybridized carbons (Fsp3) is 0.467. The normalized spacial score (nSPS) is 23.7. The molecule has 1 aliphatic carbocycles. The molecular formula is C15H18F2O. The monoisotopic (exact) mass is 252 g/mol. The molecule has 1 fully saturated rings. The number of hydrogen-bond acceptors (Lipinski definition) is 1. The van der Waals surface area contributed by atoms with E-state index in [1.807, 2.05) is 0 Å². The van der Waals surface area contributed by atoms with Crippen LogP contribution in [0.3, 0.4) is 0 Å². The maximum atomic E-state index is 14.0. The summed E-state index contributed by atoms with van der Waals surface area (Å²) in [6.07, 6.45) is 5.12. The molecule has 0 saturated heterocycles. The van der Waals surface area contributed by atoms with E-state index in [9.17, 15) is 8.78 Å². The van der Waals surface area contributed by atoms with E-state index in [2.05, 4.69) is 13.5 Å². The molecule has 3 heteroatoms. The maximum absolute atomic E-state index is 14.0. The van der Waals surface area contributed by atoms with E-state index in [-0.39, 0.29) is 11.7 Å². The largest absolute Gasteiger partial charge is 0.462 e. The van der Waals surface area contributed by atoms with Gasteiger partial charge < -0.3 is 4.74 Å². The van der Waals surface area contributed by atoms with Crippen molar-refractivity contribution in [1.82, 2.24) is 0 Å². The van der Waals surface area contributed by atoms with Gasteiger partial charge in [-0.1, -0.05) is 32.4 Å². The van der Waals surface area contributed by atoms with Crippen LogP contribution in [0, 0.1) is 17.6 Å². The molecule has 0 N–H and O–H groups in total. The van der Waals surface area contributed by atoms with Crippen molar-refractivity contribution < 1.29 is 13.5 Å². The van der Waals surface area contributed by atoms with Crippen molar-refractivity contribution in [2.24, 2.45) is 5.92 Å². The van der Waals surface area contributed by atoms with Crippen LogP contribution in [0.25, 0.3) is 0 Å². The van der Waals surface area contributed by atoms with Crippen molar-refractivity contribution >= 4 is 0 Å². The highest BCUT2D eigenvalue weighted by Crippen LogP contribution is 2.38. The third-order valence-electron chi connectivity index (χ3n) is 3.74. The average molecular weight is 252 g/mol. The van der Waals surface area contributed by atoms with Crippen LogP contribution in [0.15, 0.2) is 25.0 Å². The fourth-order valence-electron chi connectivity index (χ4n) is 2.61. The molecule has 0 amide bonds. The number of halogens is 2. The second-order valence-electron chi connectivity index (χ2n) is 5.02. The number of hydrogen-bond donors (Lipinski definition) is 0. The van der Waals surface area contributed by atoms with E-state index in [1.54, 1.807) is 6.07 Å². The van der Waals surface area contributed by atoms with Gasteiger partial charge in [0, 0.05) is 0 Å². The van der Waals surface area contributed by atoms with Crippen LogP contribution in [-0.2, 0) is 0 Å². The van der Waals surface area contributed by atoms with Crippen LogP contribution >= 0.6 is 0 Å². The van der Waals surface area contributed by atoms with Crippen LogP contribution in [-0.4, -0.2) is 0 Å². The third kappa shape index (κ3) is 2.55. The highest BCUT2D eigenvalue weighted by atomic mass is 19.2. The summed E-state index contributed by atoms with van der Waals surface area (Å²) in [7, 11) is 0. The van der Waals surface area contributed by atoms with Gasteiger partial charge in [-0.15, -0.1) is 0 Å². The summed E-state index contributed by atoms with van der Waals surface area (Å²) < 4.78 is 32.5. The number of benzene rings is 1.